The lowest BCUT2D eigenvalue weighted by atomic mass is 10.1. The second-order valence-corrected chi connectivity index (χ2v) is 4.87. The second kappa shape index (κ2) is 3.54. The van der Waals surface area contributed by atoms with Gasteiger partial charge in [-0.15, -0.1) is 0 Å². The van der Waals surface area contributed by atoms with Crippen LogP contribution in [-0.2, 0) is 9.53 Å². The monoisotopic (exact) mass is 197 g/mol. The molecule has 1 aliphatic carbocycles. The van der Waals surface area contributed by atoms with Gasteiger partial charge in [0.1, 0.15) is 0 Å². The molecule has 1 aliphatic heterocycles. The molecule has 2 fully saturated rings. The Bertz CT molecular complexity index is 235. The van der Waals surface area contributed by atoms with E-state index in [1.54, 1.807) is 0 Å². The first-order valence-corrected chi connectivity index (χ1v) is 5.53. The number of hydrogen-bond acceptors (Lipinski definition) is 2. The molecule has 1 saturated carbocycles. The van der Waals surface area contributed by atoms with Crippen molar-refractivity contribution in [3.63, 3.8) is 0 Å². The fraction of sp³-hybridized carbons (Fsp3) is 0.909. The van der Waals surface area contributed by atoms with Gasteiger partial charge in [0, 0.05) is 18.6 Å². The van der Waals surface area contributed by atoms with E-state index in [1.807, 2.05) is 6.92 Å². The number of rotatable bonds is 3. The van der Waals surface area contributed by atoms with Gasteiger partial charge >= 0.3 is 0 Å². The third-order valence-corrected chi connectivity index (χ3v) is 3.69. The first-order chi connectivity index (χ1) is 6.63. The van der Waals surface area contributed by atoms with E-state index in [2.05, 4.69) is 12.2 Å². The van der Waals surface area contributed by atoms with E-state index in [-0.39, 0.29) is 17.4 Å². The maximum Gasteiger partial charge on any atom is 0.226 e. The molecule has 80 valence electrons. The Morgan fingerprint density at radius 1 is 1.64 bits per heavy atom. The van der Waals surface area contributed by atoms with Gasteiger partial charge in [-0.3, -0.25) is 4.79 Å². The first-order valence-electron chi connectivity index (χ1n) is 5.53. The highest BCUT2D eigenvalue weighted by atomic mass is 16.5. The molecule has 0 radical (unpaired) electrons. The van der Waals surface area contributed by atoms with Crippen LogP contribution in [0.1, 0.15) is 33.1 Å². The van der Waals surface area contributed by atoms with Crippen molar-refractivity contribution in [1.29, 1.82) is 0 Å². The molecule has 3 heteroatoms. The van der Waals surface area contributed by atoms with Gasteiger partial charge in [0.2, 0.25) is 5.91 Å². The lowest BCUT2D eigenvalue weighted by molar-refractivity contribution is -0.126. The molecule has 3 nitrogen and oxygen atoms in total. The van der Waals surface area contributed by atoms with E-state index in [0.29, 0.717) is 12.5 Å². The summed E-state index contributed by atoms with van der Waals surface area (Å²) in [6.07, 6.45) is 3.52. The molecule has 0 aromatic carbocycles. The third kappa shape index (κ3) is 1.78. The lowest BCUT2D eigenvalue weighted by Gasteiger charge is -2.14. The zero-order valence-electron chi connectivity index (χ0n) is 9.01. The molecule has 14 heavy (non-hydrogen) atoms. The van der Waals surface area contributed by atoms with Gasteiger partial charge in [0.15, 0.2) is 0 Å². The van der Waals surface area contributed by atoms with Crippen molar-refractivity contribution in [2.45, 2.75) is 39.2 Å². The van der Waals surface area contributed by atoms with E-state index >= 15 is 0 Å². The molecule has 1 heterocycles. The largest absolute Gasteiger partial charge is 0.376 e. The molecule has 1 amide bonds. The van der Waals surface area contributed by atoms with Crippen LogP contribution in [0.15, 0.2) is 0 Å². The maximum atomic E-state index is 11.7. The molecular formula is C11H19NO2. The molecule has 0 spiro atoms. The minimum atomic E-state index is -0.0847. The van der Waals surface area contributed by atoms with Crippen LogP contribution in [0.5, 0.6) is 0 Å². The van der Waals surface area contributed by atoms with Gasteiger partial charge in [-0.1, -0.05) is 13.8 Å². The van der Waals surface area contributed by atoms with Crippen LogP contribution in [0.2, 0.25) is 0 Å². The molecule has 2 aliphatic rings. The summed E-state index contributed by atoms with van der Waals surface area (Å²) in [6, 6.07) is 0. The molecule has 2 rings (SSSR count). The summed E-state index contributed by atoms with van der Waals surface area (Å²) in [7, 11) is 0. The Hall–Kier alpha value is -0.570. The Balaban J connectivity index is 1.73. The lowest BCUT2D eigenvalue weighted by Crippen LogP contribution is -2.36. The summed E-state index contributed by atoms with van der Waals surface area (Å²) < 4.78 is 5.45. The van der Waals surface area contributed by atoms with Crippen LogP contribution >= 0.6 is 0 Å². The quantitative estimate of drug-likeness (QED) is 0.741. The highest BCUT2D eigenvalue weighted by Crippen LogP contribution is 2.51. The highest BCUT2D eigenvalue weighted by molar-refractivity contribution is 5.85. The molecule has 0 aromatic rings. The third-order valence-electron chi connectivity index (χ3n) is 3.69. The number of carbonyl (C=O) groups excluding carboxylic acids is 1. The summed E-state index contributed by atoms with van der Waals surface area (Å²) in [5, 5.41) is 2.99. The van der Waals surface area contributed by atoms with E-state index in [0.717, 1.165) is 25.9 Å². The summed E-state index contributed by atoms with van der Waals surface area (Å²) in [5.41, 5.74) is -0.0847. The average Bonchev–Trinajstić information content (AvgIpc) is 2.65. The van der Waals surface area contributed by atoms with Gasteiger partial charge in [-0.2, -0.15) is 0 Å². The number of ether oxygens (including phenoxy) is 1. The van der Waals surface area contributed by atoms with Gasteiger partial charge in [0.25, 0.3) is 0 Å². The molecule has 1 saturated heterocycles. The van der Waals surface area contributed by atoms with Crippen molar-refractivity contribution in [3.05, 3.63) is 0 Å². The van der Waals surface area contributed by atoms with Gasteiger partial charge in [-0.25, -0.2) is 0 Å². The van der Waals surface area contributed by atoms with Crippen molar-refractivity contribution >= 4 is 5.91 Å². The predicted molar refractivity (Wildman–Crippen MR) is 53.9 cm³/mol. The smallest absolute Gasteiger partial charge is 0.226 e. The van der Waals surface area contributed by atoms with Crippen LogP contribution < -0.4 is 5.32 Å². The molecule has 0 bridgehead atoms. The Labute approximate surface area is 85.2 Å². The van der Waals surface area contributed by atoms with E-state index in [4.69, 9.17) is 4.74 Å². The van der Waals surface area contributed by atoms with Crippen LogP contribution in [-0.4, -0.2) is 25.2 Å². The SMILES string of the molecule is CC1CC1(C)C(=O)NCC1CCCO1. The zero-order valence-corrected chi connectivity index (χ0v) is 9.01. The van der Waals surface area contributed by atoms with Crippen LogP contribution in [0, 0.1) is 11.3 Å². The summed E-state index contributed by atoms with van der Waals surface area (Å²) >= 11 is 0. The molecule has 3 unspecified atom stereocenters. The van der Waals surface area contributed by atoms with Crippen LogP contribution in [0.3, 0.4) is 0 Å². The first kappa shape index (κ1) is 9.97. The van der Waals surface area contributed by atoms with Crippen molar-refractivity contribution in [3.8, 4) is 0 Å². The van der Waals surface area contributed by atoms with Crippen LogP contribution in [0.4, 0.5) is 0 Å². The number of nitrogens with one attached hydrogen (secondary N) is 1. The normalized spacial score (nSPS) is 41.0. The van der Waals surface area contributed by atoms with Crippen molar-refractivity contribution in [2.75, 3.05) is 13.2 Å². The van der Waals surface area contributed by atoms with E-state index in [9.17, 15) is 4.79 Å². The maximum absolute atomic E-state index is 11.7. The van der Waals surface area contributed by atoms with Crippen LogP contribution in [0.25, 0.3) is 0 Å². The minimum Gasteiger partial charge on any atom is -0.376 e. The number of hydrogen-bond donors (Lipinski definition) is 1. The van der Waals surface area contributed by atoms with Crippen molar-refractivity contribution in [1.82, 2.24) is 5.32 Å². The highest BCUT2D eigenvalue weighted by Gasteiger charge is 2.52. The number of amides is 1. The van der Waals surface area contributed by atoms with Gasteiger partial charge < -0.3 is 10.1 Å². The predicted octanol–water partition coefficient (Wildman–Crippen LogP) is 1.33. The summed E-state index contributed by atoms with van der Waals surface area (Å²) in [4.78, 5) is 11.7. The summed E-state index contributed by atoms with van der Waals surface area (Å²) in [6.45, 7) is 5.73. The topological polar surface area (TPSA) is 38.3 Å². The molecule has 1 N–H and O–H groups in total. The minimum absolute atomic E-state index is 0.0847. The standard InChI is InChI=1S/C11H19NO2/c1-8-6-11(8,2)10(13)12-7-9-4-3-5-14-9/h8-9H,3-7H2,1-2H3,(H,12,13). The van der Waals surface area contributed by atoms with Crippen molar-refractivity contribution < 1.29 is 9.53 Å². The Morgan fingerprint density at radius 2 is 2.36 bits per heavy atom. The van der Waals surface area contributed by atoms with E-state index in [1.165, 1.54) is 0 Å². The second-order valence-electron chi connectivity index (χ2n) is 4.87. The van der Waals surface area contributed by atoms with E-state index < -0.39 is 0 Å². The Kier molecular flexibility index (Phi) is 2.52. The zero-order chi connectivity index (χ0) is 10.2. The number of carbonyl (C=O) groups is 1. The average molecular weight is 197 g/mol. The molecule has 3 atom stereocenters. The van der Waals surface area contributed by atoms with Crippen molar-refractivity contribution in [2.24, 2.45) is 11.3 Å². The molecule has 0 aromatic heterocycles. The summed E-state index contributed by atoms with van der Waals surface area (Å²) in [5.74, 6) is 0.757. The Morgan fingerprint density at radius 3 is 2.86 bits per heavy atom. The molecular weight excluding hydrogens is 178 g/mol. The van der Waals surface area contributed by atoms with Gasteiger partial charge in [-0.05, 0) is 25.2 Å². The fourth-order valence-electron chi connectivity index (χ4n) is 2.11. The van der Waals surface area contributed by atoms with Gasteiger partial charge in [0.05, 0.1) is 6.10 Å². The fourth-order valence-corrected chi connectivity index (χ4v) is 2.11.